The van der Waals surface area contributed by atoms with Crippen LogP contribution >= 0.6 is 80.6 Å². The van der Waals surface area contributed by atoms with E-state index in [0.717, 1.165) is 135 Å². The van der Waals surface area contributed by atoms with Crippen LogP contribution in [0.25, 0.3) is 33.1 Å². The Labute approximate surface area is 814 Å². The molecule has 0 aliphatic carbocycles. The number of Topliss-reactive ketones (excluding diaryl/α,β-unsaturated/α-hetero) is 1. The Balaban J connectivity index is 0.000000174. The number of esters is 3. The van der Waals surface area contributed by atoms with Crippen LogP contribution in [-0.2, 0) is 75.0 Å². The number of hydrogen-bond acceptors (Lipinski definition) is 22. The summed E-state index contributed by atoms with van der Waals surface area (Å²) < 4.78 is 102. The number of aryl methyl sites for hydroxylation is 3. The molecule has 13 heterocycles. The van der Waals surface area contributed by atoms with Crippen molar-refractivity contribution in [2.24, 2.45) is 30.7 Å². The maximum atomic E-state index is 13.2. The number of fused-ring (bicyclic) bond motifs is 4. The van der Waals surface area contributed by atoms with Crippen LogP contribution in [0.2, 0.25) is 25.1 Å². The summed E-state index contributed by atoms with van der Waals surface area (Å²) in [5, 5.41) is 17.1. The summed E-state index contributed by atoms with van der Waals surface area (Å²) in [6, 6.07) is 37.3. The molecule has 4 aromatic carbocycles. The smallest absolute Gasteiger partial charge is 0.480 e. The van der Waals surface area contributed by atoms with Gasteiger partial charge in [-0.25, -0.2) is 34.1 Å². The van der Waals surface area contributed by atoms with Crippen molar-refractivity contribution in [1.29, 1.82) is 0 Å². The SMILES string of the molecule is C.CCC(=O)CC(=O)OC.CCC1=[N+](C)c2ncc(Cl)cc2C1C(=O)O.CCc1[nH]c2ncc(Cl)cc2c1C(=O)OC.CCc1c(C(=O)NCc2ccc(N3CC4(C3)CN(c3ccc(OC(F)(F)F)cc3)C4)cc2)c2cc(Cl)cnc2n1C.CCc1c(C(=O)OC)c2cc(Cl)cnc2n1C.NCc1ccc(N2CC3(C2)CN(c2ccc(OC(F)(F)F)cc2)C3)cc1.Nc1ncc(Cl)cc1I. The number of benzene rings is 4. The number of alkyl halides is 6. The van der Waals surface area contributed by atoms with Gasteiger partial charge in [0, 0.05) is 184 Å². The van der Waals surface area contributed by atoms with Crippen molar-refractivity contribution in [3.05, 3.63) is 238 Å². The van der Waals surface area contributed by atoms with E-state index in [0.29, 0.717) is 109 Å². The standard InChI is InChI=1S/C30H29ClF3N5O2.C19H20F3N3O.C12H13ClN2O2.2C11H11ClN2O2.C6H10O3.C5H4ClIN2.CH4/c1-3-25-26(24-12-20(31)14-35-27(24)37(25)2)28(40)36-13-19-4-6-21(7-5-19)38-15-29(16-38)17-39(18-29)22-8-10-23(11-9-22)41-30(32,33)34;20-19(21,22)26-17-7-5-16(6-8-17)25-12-18(13-25)10-24(11-18)15-3-1-14(9-23)2-4-15;1-4-9-10(12(16)17-3)8-5-7(13)6-14-11(8)15(9)2;1-3-8-9(11(15)16-2)7-4-6(12)5-13-10(7)14-8;1-3-8-9(11(15)16)7-4-6(12)5-13-10(7)14(8)2;1-3-5(7)4-6(8)9-2;6-3-1-4(7)5(8)9-2-3;/h4-12,14H,3,13,15-18H2,1-2H3,(H,36,40);1-8H,9-13,23H2;5-6H,4H2,1-3H3;4-5H,3H2,1-2H3,(H,13,14);4-5,9H,3H2,1-2H3;3-4H2,1-2H3;1-2H,(H2,8,9);1H4/p+1. The summed E-state index contributed by atoms with van der Waals surface area (Å²) in [4.78, 5) is 102. The third kappa shape index (κ3) is 25.7. The first-order valence-electron chi connectivity index (χ1n) is 42.2. The van der Waals surface area contributed by atoms with Gasteiger partial charge >= 0.3 is 42.4 Å². The van der Waals surface area contributed by atoms with Crippen molar-refractivity contribution >= 4 is 189 Å². The number of anilines is 5. The molecule has 28 nitrogen and oxygen atoms in total. The molecular weight excluding hydrogens is 1980 g/mol. The average Bonchev–Trinajstić information content (AvgIpc) is 1.65. The summed E-state index contributed by atoms with van der Waals surface area (Å²) >= 11 is 31.5. The lowest BCUT2D eigenvalue weighted by molar-refractivity contribution is -0.407. The molecule has 0 radical (unpaired) electrons. The van der Waals surface area contributed by atoms with Crippen molar-refractivity contribution in [2.45, 2.75) is 112 Å². The molecule has 718 valence electrons. The highest BCUT2D eigenvalue weighted by atomic mass is 127. The van der Waals surface area contributed by atoms with Gasteiger partial charge in [-0.05, 0) is 161 Å². The normalized spacial score (nSPS) is 14.5. The Bertz CT molecular complexity index is 6270. The van der Waals surface area contributed by atoms with Crippen LogP contribution in [0.3, 0.4) is 0 Å². The minimum Gasteiger partial charge on any atom is -0.480 e. The lowest BCUT2D eigenvalue weighted by atomic mass is 9.72. The lowest BCUT2D eigenvalue weighted by Gasteiger charge is -2.61. The van der Waals surface area contributed by atoms with Crippen molar-refractivity contribution in [3.63, 3.8) is 0 Å². The molecule has 0 bridgehead atoms. The van der Waals surface area contributed by atoms with Gasteiger partial charge in [-0.2, -0.15) is 0 Å². The van der Waals surface area contributed by atoms with E-state index in [1.807, 2.05) is 74.7 Å². The number of carbonyl (C=O) groups is 6. The second-order valence-corrected chi connectivity index (χ2v) is 35.4. The van der Waals surface area contributed by atoms with E-state index >= 15 is 0 Å². The fourth-order valence-electron chi connectivity index (χ4n) is 16.6. The second kappa shape index (κ2) is 45.7. The van der Waals surface area contributed by atoms with Crippen molar-refractivity contribution in [1.82, 2.24) is 44.4 Å². The number of amides is 1. The minimum atomic E-state index is -4.69. The summed E-state index contributed by atoms with van der Waals surface area (Å²) in [7, 11) is 9.63. The number of aliphatic carboxylic acids is 1. The largest absolute Gasteiger partial charge is 0.573 e. The molecule has 0 saturated carbocycles. The van der Waals surface area contributed by atoms with Crippen LogP contribution in [0.15, 0.2) is 158 Å². The van der Waals surface area contributed by atoms with E-state index in [4.69, 9.17) is 78.9 Å². The summed E-state index contributed by atoms with van der Waals surface area (Å²) in [6.07, 6.45) is 1.55. The fourth-order valence-corrected chi connectivity index (χ4v) is 18.0. The van der Waals surface area contributed by atoms with E-state index in [9.17, 15) is 60.2 Å². The number of aromatic amines is 1. The molecule has 2 spiro atoms. The molecule has 40 heteroatoms. The number of ether oxygens (including phenoxy) is 5. The van der Waals surface area contributed by atoms with Gasteiger partial charge in [0.15, 0.2) is 6.20 Å². The van der Waals surface area contributed by atoms with Gasteiger partial charge in [0.25, 0.3) is 5.91 Å². The molecule has 4 fully saturated rings. The number of nitrogens with two attached hydrogens (primary N) is 2. The van der Waals surface area contributed by atoms with Gasteiger partial charge in [0.05, 0.1) is 85.0 Å². The Kier molecular flexibility index (Phi) is 35.7. The average molecular weight is 2080 g/mol. The molecule has 5 aliphatic heterocycles. The molecule has 8 aromatic heterocycles. The summed E-state index contributed by atoms with van der Waals surface area (Å²) in [5.74, 6) is -2.06. The van der Waals surface area contributed by atoms with Crippen LogP contribution in [0, 0.1) is 14.4 Å². The van der Waals surface area contributed by atoms with Crippen LogP contribution in [0.5, 0.6) is 11.5 Å². The molecule has 5 aliphatic rings. The number of aromatic nitrogens is 8. The van der Waals surface area contributed by atoms with Gasteiger partial charge in [0.2, 0.25) is 0 Å². The van der Waals surface area contributed by atoms with Crippen LogP contribution < -0.4 is 45.9 Å². The number of nitrogens with one attached hydrogen (secondary N) is 2. The molecule has 1 unspecified atom stereocenters. The molecule has 12 aromatic rings. The zero-order valence-corrected chi connectivity index (χ0v) is 80.8. The number of nitrogen functional groups attached to an aromatic ring is 1. The van der Waals surface area contributed by atoms with Gasteiger partial charge in [0.1, 0.15) is 52.4 Å². The maximum absolute atomic E-state index is 13.2. The molecular formula is C95H103Cl5F6IN16O12+. The third-order valence-electron chi connectivity index (χ3n) is 23.0. The molecule has 17 rings (SSSR count). The van der Waals surface area contributed by atoms with Gasteiger partial charge in [-0.15, -0.1) is 26.3 Å². The zero-order valence-electron chi connectivity index (χ0n) is 74.9. The first-order chi connectivity index (χ1) is 63.6. The van der Waals surface area contributed by atoms with Crippen LogP contribution in [0.1, 0.15) is 132 Å². The number of pyridine rings is 5. The van der Waals surface area contributed by atoms with Gasteiger partial charge < -0.3 is 79.3 Å². The highest BCUT2D eigenvalue weighted by Crippen LogP contribution is 2.47. The van der Waals surface area contributed by atoms with E-state index in [1.165, 1.54) is 63.7 Å². The Morgan fingerprint density at radius 1 is 0.541 bits per heavy atom. The highest BCUT2D eigenvalue weighted by molar-refractivity contribution is 14.1. The number of methoxy groups -OCH3 is 3. The van der Waals surface area contributed by atoms with E-state index in [2.05, 4.69) is 128 Å². The predicted molar refractivity (Wildman–Crippen MR) is 521 cm³/mol. The predicted octanol–water partition coefficient (Wildman–Crippen LogP) is 19.6. The highest BCUT2D eigenvalue weighted by Gasteiger charge is 2.53. The van der Waals surface area contributed by atoms with E-state index in [-0.39, 0.29) is 59.8 Å². The zero-order chi connectivity index (χ0) is 97.6. The van der Waals surface area contributed by atoms with Crippen molar-refractivity contribution < 1.29 is 88.5 Å². The number of halogens is 12. The lowest BCUT2D eigenvalue weighted by Crippen LogP contribution is -2.72. The maximum Gasteiger partial charge on any atom is 0.573 e. The Morgan fingerprint density at radius 2 is 0.941 bits per heavy atom. The fraction of sp³-hybridized carbons (Fsp3) is 0.347. The number of rotatable bonds is 20. The quantitative estimate of drug-likeness (QED) is 0.0118. The first kappa shape index (κ1) is 105. The van der Waals surface area contributed by atoms with Crippen molar-refractivity contribution in [2.75, 3.05) is 106 Å². The topological polar surface area (TPSA) is 339 Å². The number of nitrogens with zero attached hydrogens (tertiary/aromatic N) is 12. The Hall–Kier alpha value is -11.7. The molecule has 1 amide bonds. The van der Waals surface area contributed by atoms with E-state index in [1.54, 1.807) is 80.1 Å². The molecule has 1 atom stereocenters. The van der Waals surface area contributed by atoms with Crippen molar-refractivity contribution in [3.8, 4) is 11.5 Å². The second-order valence-electron chi connectivity index (χ2n) is 32.0. The summed E-state index contributed by atoms with van der Waals surface area (Å²) in [5.41, 5.74) is 25.8. The number of hydrogen-bond donors (Lipinski definition) is 5. The molecule has 7 N–H and O–H groups in total. The van der Waals surface area contributed by atoms with E-state index < -0.39 is 30.6 Å². The summed E-state index contributed by atoms with van der Waals surface area (Å²) in [6.45, 7) is 18.0. The number of carboxylic acids is 1. The molecule has 4 saturated heterocycles. The first-order valence-corrected chi connectivity index (χ1v) is 45.2. The number of carbonyl (C=O) groups excluding carboxylic acids is 5. The van der Waals surface area contributed by atoms with Crippen LogP contribution in [0.4, 0.5) is 60.7 Å². The molecule has 135 heavy (non-hydrogen) atoms. The number of carboxylic acid groups (broad SMARTS) is 1. The van der Waals surface area contributed by atoms with Gasteiger partial charge in [-0.1, -0.05) is 124 Å². The Morgan fingerprint density at radius 3 is 1.34 bits per heavy atom. The monoisotopic (exact) mass is 2080 g/mol. The van der Waals surface area contributed by atoms with Gasteiger partial charge in [-0.3, -0.25) is 19.2 Å². The third-order valence-corrected chi connectivity index (χ3v) is 24.9. The number of ketones is 1. The number of H-pyrrole nitrogens is 1. The minimum absolute atomic E-state index is 0. The van der Waals surface area contributed by atoms with Crippen LogP contribution in [-0.4, -0.2) is 183 Å².